The number of amides is 1. The molecule has 1 unspecified atom stereocenters. The zero-order chi connectivity index (χ0) is 18.4. The van der Waals surface area contributed by atoms with Gasteiger partial charge in [-0.05, 0) is 49.6 Å². The third-order valence-corrected chi connectivity index (χ3v) is 4.70. The summed E-state index contributed by atoms with van der Waals surface area (Å²) in [6.07, 6.45) is -0.871. The summed E-state index contributed by atoms with van der Waals surface area (Å²) >= 11 is 0. The second-order valence-corrected chi connectivity index (χ2v) is 6.60. The number of carbonyl (C=O) groups excluding carboxylic acids is 1. The molecule has 3 N–H and O–H groups in total. The molecule has 1 heterocycles. The van der Waals surface area contributed by atoms with Crippen molar-refractivity contribution in [3.05, 3.63) is 34.9 Å². The minimum absolute atomic E-state index is 0. The van der Waals surface area contributed by atoms with Gasteiger partial charge in [0.1, 0.15) is 0 Å². The van der Waals surface area contributed by atoms with Crippen molar-refractivity contribution < 1.29 is 18.0 Å². The van der Waals surface area contributed by atoms with Gasteiger partial charge in [-0.15, -0.1) is 12.4 Å². The SMILES string of the molecule is Cc1cc(C(F)(F)F)ccc1CN1CCCCC1CNC(=O)CCN.Cl. The van der Waals surface area contributed by atoms with Crippen molar-refractivity contribution in [3.8, 4) is 0 Å². The highest BCUT2D eigenvalue weighted by Gasteiger charge is 2.31. The Bertz CT molecular complexity index is 596. The number of benzene rings is 1. The lowest BCUT2D eigenvalue weighted by Crippen LogP contribution is -2.46. The van der Waals surface area contributed by atoms with E-state index in [9.17, 15) is 18.0 Å². The van der Waals surface area contributed by atoms with Crippen LogP contribution >= 0.6 is 12.4 Å². The zero-order valence-corrected chi connectivity index (χ0v) is 15.8. The largest absolute Gasteiger partial charge is 0.416 e. The molecule has 0 spiro atoms. The number of aryl methyl sites for hydroxylation is 1. The van der Waals surface area contributed by atoms with E-state index in [-0.39, 0.29) is 24.4 Å². The first-order valence-electron chi connectivity index (χ1n) is 8.69. The Hall–Kier alpha value is -1.31. The summed E-state index contributed by atoms with van der Waals surface area (Å²) in [5.74, 6) is -0.0567. The molecule has 0 saturated carbocycles. The van der Waals surface area contributed by atoms with Gasteiger partial charge in [-0.1, -0.05) is 12.5 Å². The molecule has 1 aliphatic heterocycles. The summed E-state index contributed by atoms with van der Waals surface area (Å²) in [5.41, 5.74) is 6.30. The predicted molar refractivity (Wildman–Crippen MR) is 98.2 cm³/mol. The lowest BCUT2D eigenvalue weighted by Gasteiger charge is -2.36. The highest BCUT2D eigenvalue weighted by Crippen LogP contribution is 2.31. The van der Waals surface area contributed by atoms with Crippen molar-refractivity contribution in [1.82, 2.24) is 10.2 Å². The molecular formula is C18H27ClF3N3O. The van der Waals surface area contributed by atoms with Gasteiger partial charge in [-0.3, -0.25) is 9.69 Å². The molecule has 26 heavy (non-hydrogen) atoms. The zero-order valence-electron chi connectivity index (χ0n) is 14.9. The van der Waals surface area contributed by atoms with Crippen molar-refractivity contribution in [2.75, 3.05) is 19.6 Å². The summed E-state index contributed by atoms with van der Waals surface area (Å²) in [7, 11) is 0. The number of likely N-dealkylation sites (tertiary alicyclic amines) is 1. The van der Waals surface area contributed by atoms with Gasteiger partial charge in [0, 0.05) is 32.1 Å². The highest BCUT2D eigenvalue weighted by molar-refractivity contribution is 5.85. The Morgan fingerprint density at radius 3 is 2.69 bits per heavy atom. The van der Waals surface area contributed by atoms with E-state index in [1.165, 1.54) is 6.07 Å². The maximum absolute atomic E-state index is 12.8. The first kappa shape index (κ1) is 22.7. The number of piperidine rings is 1. The third kappa shape index (κ3) is 6.45. The maximum Gasteiger partial charge on any atom is 0.416 e. The Morgan fingerprint density at radius 1 is 1.35 bits per heavy atom. The van der Waals surface area contributed by atoms with Gasteiger partial charge in [0.2, 0.25) is 5.91 Å². The van der Waals surface area contributed by atoms with Crippen LogP contribution in [0.15, 0.2) is 18.2 Å². The number of nitrogens with zero attached hydrogens (tertiary/aromatic N) is 1. The fourth-order valence-electron chi connectivity index (χ4n) is 3.22. The fraction of sp³-hybridized carbons (Fsp3) is 0.611. The highest BCUT2D eigenvalue weighted by atomic mass is 35.5. The van der Waals surface area contributed by atoms with Crippen LogP contribution in [0.1, 0.15) is 42.4 Å². The van der Waals surface area contributed by atoms with E-state index in [1.54, 1.807) is 13.0 Å². The molecular weight excluding hydrogens is 367 g/mol. The lowest BCUT2D eigenvalue weighted by atomic mass is 9.99. The van der Waals surface area contributed by atoms with E-state index in [2.05, 4.69) is 10.2 Å². The third-order valence-electron chi connectivity index (χ3n) is 4.70. The molecule has 1 amide bonds. The molecule has 148 valence electrons. The minimum Gasteiger partial charge on any atom is -0.354 e. The summed E-state index contributed by atoms with van der Waals surface area (Å²) in [5, 5.41) is 2.90. The average molecular weight is 394 g/mol. The van der Waals surface area contributed by atoms with E-state index in [0.29, 0.717) is 31.6 Å². The van der Waals surface area contributed by atoms with Gasteiger partial charge in [-0.2, -0.15) is 13.2 Å². The summed E-state index contributed by atoms with van der Waals surface area (Å²) in [6.45, 7) is 4.08. The van der Waals surface area contributed by atoms with Crippen LogP contribution in [0.2, 0.25) is 0 Å². The minimum atomic E-state index is -4.32. The molecule has 8 heteroatoms. The topological polar surface area (TPSA) is 58.4 Å². The van der Waals surface area contributed by atoms with Crippen molar-refractivity contribution in [2.45, 2.75) is 51.4 Å². The number of nitrogens with one attached hydrogen (secondary N) is 1. The van der Waals surface area contributed by atoms with Gasteiger partial charge >= 0.3 is 6.18 Å². The number of hydrogen-bond acceptors (Lipinski definition) is 3. The van der Waals surface area contributed by atoms with Crippen molar-refractivity contribution >= 4 is 18.3 Å². The van der Waals surface area contributed by atoms with Crippen molar-refractivity contribution in [3.63, 3.8) is 0 Å². The Morgan fingerprint density at radius 2 is 2.08 bits per heavy atom. The summed E-state index contributed by atoms with van der Waals surface area (Å²) in [4.78, 5) is 13.9. The van der Waals surface area contributed by atoms with Gasteiger partial charge in [0.05, 0.1) is 5.56 Å². The predicted octanol–water partition coefficient (Wildman–Crippen LogP) is 3.26. The molecule has 2 rings (SSSR count). The van der Waals surface area contributed by atoms with Crippen LogP contribution in [-0.4, -0.2) is 36.5 Å². The first-order chi connectivity index (χ1) is 11.8. The average Bonchev–Trinajstić information content (AvgIpc) is 2.55. The molecule has 1 aromatic carbocycles. The van der Waals surface area contributed by atoms with Gasteiger partial charge in [0.15, 0.2) is 0 Å². The molecule has 1 aromatic rings. The second kappa shape index (κ2) is 10.1. The van der Waals surface area contributed by atoms with E-state index in [0.717, 1.165) is 37.4 Å². The molecule has 0 bridgehead atoms. The first-order valence-corrected chi connectivity index (χ1v) is 8.69. The summed E-state index contributed by atoms with van der Waals surface area (Å²) in [6, 6.07) is 4.12. The monoisotopic (exact) mass is 393 g/mol. The molecule has 4 nitrogen and oxygen atoms in total. The Kier molecular flexibility index (Phi) is 8.86. The van der Waals surface area contributed by atoms with Gasteiger partial charge < -0.3 is 11.1 Å². The van der Waals surface area contributed by atoms with Crippen LogP contribution in [-0.2, 0) is 17.5 Å². The number of carbonyl (C=O) groups is 1. The normalized spacial score (nSPS) is 18.3. The van der Waals surface area contributed by atoms with Crippen LogP contribution < -0.4 is 11.1 Å². The number of hydrogen-bond donors (Lipinski definition) is 2. The number of rotatable bonds is 6. The number of halogens is 4. The lowest BCUT2D eigenvalue weighted by molar-refractivity contribution is -0.137. The number of alkyl halides is 3. The fourth-order valence-corrected chi connectivity index (χ4v) is 3.22. The molecule has 1 fully saturated rings. The van der Waals surface area contributed by atoms with E-state index in [4.69, 9.17) is 5.73 Å². The summed E-state index contributed by atoms with van der Waals surface area (Å²) < 4.78 is 38.4. The number of nitrogens with two attached hydrogens (primary N) is 1. The molecule has 1 aliphatic rings. The Labute approximate surface area is 158 Å². The molecule has 0 aromatic heterocycles. The van der Waals surface area contributed by atoms with Crippen molar-refractivity contribution in [2.24, 2.45) is 5.73 Å². The van der Waals surface area contributed by atoms with Crippen LogP contribution in [0.4, 0.5) is 13.2 Å². The molecule has 1 saturated heterocycles. The molecule has 0 radical (unpaired) electrons. The van der Waals surface area contributed by atoms with Crippen LogP contribution in [0.5, 0.6) is 0 Å². The molecule has 0 aliphatic carbocycles. The van der Waals surface area contributed by atoms with Crippen molar-refractivity contribution in [1.29, 1.82) is 0 Å². The smallest absolute Gasteiger partial charge is 0.354 e. The Balaban J connectivity index is 0.00000338. The standard InChI is InChI=1S/C18H26F3N3O.ClH/c1-13-10-15(18(19,20)21)6-5-14(13)12-24-9-3-2-4-16(24)11-23-17(25)7-8-22;/h5-6,10,16H,2-4,7-9,11-12,22H2,1H3,(H,23,25);1H. The van der Waals surface area contributed by atoms with Crippen LogP contribution in [0.3, 0.4) is 0 Å². The van der Waals surface area contributed by atoms with E-state index in [1.807, 2.05) is 0 Å². The maximum atomic E-state index is 12.8. The van der Waals surface area contributed by atoms with E-state index < -0.39 is 11.7 Å². The van der Waals surface area contributed by atoms with Crippen LogP contribution in [0, 0.1) is 6.92 Å². The second-order valence-electron chi connectivity index (χ2n) is 6.60. The molecule has 1 atom stereocenters. The quantitative estimate of drug-likeness (QED) is 0.780. The van der Waals surface area contributed by atoms with Crippen LogP contribution in [0.25, 0.3) is 0 Å². The van der Waals surface area contributed by atoms with E-state index >= 15 is 0 Å². The van der Waals surface area contributed by atoms with Gasteiger partial charge in [-0.25, -0.2) is 0 Å². The van der Waals surface area contributed by atoms with Gasteiger partial charge in [0.25, 0.3) is 0 Å².